The van der Waals surface area contributed by atoms with E-state index in [2.05, 4.69) is 10.0 Å². The molecule has 35 heavy (non-hydrogen) atoms. The van der Waals surface area contributed by atoms with E-state index in [-0.39, 0.29) is 47.5 Å². The standard InChI is InChI=1S/C26H34FN3O4S/c1-18(2)16-28-26(32)19(3)30(17-21-4-9-22(27)10-5-21)25(31)15-8-20-6-13-24(14-7-20)35(33,34)29-23-11-12-23/h4-7,9-10,13-14,18-19,23,29H,8,11-12,15-17H2,1-3H3,(H,28,32)/t19-/m1/s1. The second-order valence-corrected chi connectivity index (χ2v) is 11.2. The molecule has 2 amide bonds. The Morgan fingerprint density at radius 3 is 2.17 bits per heavy atom. The molecule has 0 spiro atoms. The average Bonchev–Trinajstić information content (AvgIpc) is 3.63. The summed E-state index contributed by atoms with van der Waals surface area (Å²) in [5, 5.41) is 2.87. The Hall–Kier alpha value is -2.78. The van der Waals surface area contributed by atoms with Crippen molar-refractivity contribution in [3.63, 3.8) is 0 Å². The molecule has 0 unspecified atom stereocenters. The zero-order chi connectivity index (χ0) is 25.6. The van der Waals surface area contributed by atoms with Crippen molar-refractivity contribution in [1.82, 2.24) is 14.9 Å². The van der Waals surface area contributed by atoms with E-state index in [1.165, 1.54) is 17.0 Å². The SMILES string of the molecule is CC(C)CNC(=O)[C@@H](C)N(Cc1ccc(F)cc1)C(=O)CCc1ccc(S(=O)(=O)NC2CC2)cc1. The van der Waals surface area contributed by atoms with Gasteiger partial charge in [0.1, 0.15) is 11.9 Å². The van der Waals surface area contributed by atoms with Crippen LogP contribution in [-0.4, -0.2) is 43.8 Å². The van der Waals surface area contributed by atoms with Crippen LogP contribution in [0.2, 0.25) is 0 Å². The van der Waals surface area contributed by atoms with Crippen LogP contribution in [0.4, 0.5) is 4.39 Å². The summed E-state index contributed by atoms with van der Waals surface area (Å²) in [5.74, 6) is -0.550. The first kappa shape index (κ1) is 26.8. The number of aryl methyl sites for hydroxylation is 1. The molecule has 9 heteroatoms. The smallest absolute Gasteiger partial charge is 0.242 e. The highest BCUT2D eigenvalue weighted by Crippen LogP contribution is 2.22. The Labute approximate surface area is 207 Å². The molecule has 190 valence electrons. The number of amides is 2. The summed E-state index contributed by atoms with van der Waals surface area (Å²) in [7, 11) is -3.52. The highest BCUT2D eigenvalue weighted by Gasteiger charge is 2.28. The van der Waals surface area contributed by atoms with Crippen LogP contribution in [0.1, 0.15) is 51.2 Å². The van der Waals surface area contributed by atoms with Crippen molar-refractivity contribution in [2.45, 2.75) is 70.0 Å². The number of hydrogen-bond donors (Lipinski definition) is 2. The Bertz CT molecular complexity index is 1110. The minimum atomic E-state index is -3.52. The molecular formula is C26H34FN3O4S. The molecular weight excluding hydrogens is 469 g/mol. The number of carbonyl (C=O) groups is 2. The van der Waals surface area contributed by atoms with Crippen LogP contribution in [0.3, 0.4) is 0 Å². The molecule has 1 aliphatic carbocycles. The van der Waals surface area contributed by atoms with Crippen molar-refractivity contribution in [3.8, 4) is 0 Å². The maximum Gasteiger partial charge on any atom is 0.242 e. The molecule has 0 bridgehead atoms. The number of benzene rings is 2. The topological polar surface area (TPSA) is 95.6 Å². The van der Waals surface area contributed by atoms with E-state index in [4.69, 9.17) is 0 Å². The molecule has 0 saturated heterocycles. The molecule has 0 heterocycles. The molecule has 1 saturated carbocycles. The fourth-order valence-electron chi connectivity index (χ4n) is 3.54. The molecule has 2 aromatic carbocycles. The van der Waals surface area contributed by atoms with E-state index in [1.807, 2.05) is 13.8 Å². The third kappa shape index (κ3) is 8.14. The van der Waals surface area contributed by atoms with E-state index in [9.17, 15) is 22.4 Å². The van der Waals surface area contributed by atoms with Gasteiger partial charge in [-0.2, -0.15) is 0 Å². The molecule has 0 radical (unpaired) electrons. The van der Waals surface area contributed by atoms with E-state index in [0.29, 0.717) is 13.0 Å². The number of rotatable bonds is 12. The first-order valence-corrected chi connectivity index (χ1v) is 13.5. The lowest BCUT2D eigenvalue weighted by atomic mass is 10.1. The predicted octanol–water partition coefficient (Wildman–Crippen LogP) is 3.39. The van der Waals surface area contributed by atoms with Crippen molar-refractivity contribution >= 4 is 21.8 Å². The van der Waals surface area contributed by atoms with Crippen LogP contribution in [-0.2, 0) is 32.6 Å². The minimum absolute atomic E-state index is 0.0316. The monoisotopic (exact) mass is 503 g/mol. The summed E-state index contributed by atoms with van der Waals surface area (Å²) in [5.41, 5.74) is 1.54. The second kappa shape index (κ2) is 11.8. The summed E-state index contributed by atoms with van der Waals surface area (Å²) in [6, 6.07) is 11.7. The highest BCUT2D eigenvalue weighted by atomic mass is 32.2. The minimum Gasteiger partial charge on any atom is -0.354 e. The Morgan fingerprint density at radius 2 is 1.60 bits per heavy atom. The molecule has 1 atom stereocenters. The first-order chi connectivity index (χ1) is 16.5. The van der Waals surface area contributed by atoms with Crippen LogP contribution < -0.4 is 10.0 Å². The van der Waals surface area contributed by atoms with E-state index >= 15 is 0 Å². The quantitative estimate of drug-likeness (QED) is 0.464. The predicted molar refractivity (Wildman–Crippen MR) is 132 cm³/mol. The van der Waals surface area contributed by atoms with Crippen molar-refractivity contribution in [2.75, 3.05) is 6.54 Å². The molecule has 2 N–H and O–H groups in total. The van der Waals surface area contributed by atoms with Gasteiger partial charge in [0, 0.05) is 25.6 Å². The summed E-state index contributed by atoms with van der Waals surface area (Å²) < 4.78 is 40.7. The summed E-state index contributed by atoms with van der Waals surface area (Å²) in [6.45, 7) is 6.35. The van der Waals surface area contributed by atoms with Crippen molar-refractivity contribution < 1.29 is 22.4 Å². The fraction of sp³-hybridized carbons (Fsp3) is 0.462. The van der Waals surface area contributed by atoms with Crippen molar-refractivity contribution in [2.24, 2.45) is 5.92 Å². The van der Waals surface area contributed by atoms with Gasteiger partial charge in [0.25, 0.3) is 0 Å². The Balaban J connectivity index is 1.66. The third-order valence-electron chi connectivity index (χ3n) is 5.88. The zero-order valence-electron chi connectivity index (χ0n) is 20.5. The molecule has 7 nitrogen and oxygen atoms in total. The second-order valence-electron chi connectivity index (χ2n) is 9.50. The molecule has 2 aromatic rings. The maximum atomic E-state index is 13.3. The summed E-state index contributed by atoms with van der Waals surface area (Å²) in [6.07, 6.45) is 2.27. The van der Waals surface area contributed by atoms with Crippen LogP contribution in [0, 0.1) is 11.7 Å². The number of nitrogens with one attached hydrogen (secondary N) is 2. The lowest BCUT2D eigenvalue weighted by Crippen LogP contribution is -2.48. The molecule has 3 rings (SSSR count). The van der Waals surface area contributed by atoms with Crippen LogP contribution >= 0.6 is 0 Å². The van der Waals surface area contributed by atoms with Crippen molar-refractivity contribution in [3.05, 3.63) is 65.5 Å². The van der Waals surface area contributed by atoms with Gasteiger partial charge in [-0.1, -0.05) is 38.1 Å². The number of halogens is 1. The normalized spacial score (nSPS) is 14.5. The van der Waals surface area contributed by atoms with E-state index in [0.717, 1.165) is 24.0 Å². The van der Waals surface area contributed by atoms with Crippen LogP contribution in [0.15, 0.2) is 53.4 Å². The van der Waals surface area contributed by atoms with Gasteiger partial charge < -0.3 is 10.2 Å². The van der Waals surface area contributed by atoms with Crippen LogP contribution in [0.5, 0.6) is 0 Å². The van der Waals surface area contributed by atoms with E-state index < -0.39 is 16.1 Å². The third-order valence-corrected chi connectivity index (χ3v) is 7.41. The number of carbonyl (C=O) groups excluding carboxylic acids is 2. The largest absolute Gasteiger partial charge is 0.354 e. The van der Waals surface area contributed by atoms with Gasteiger partial charge in [0.05, 0.1) is 4.90 Å². The van der Waals surface area contributed by atoms with Crippen LogP contribution in [0.25, 0.3) is 0 Å². The fourth-order valence-corrected chi connectivity index (χ4v) is 4.85. The number of nitrogens with zero attached hydrogens (tertiary/aromatic N) is 1. The Kier molecular flexibility index (Phi) is 9.02. The highest BCUT2D eigenvalue weighted by molar-refractivity contribution is 7.89. The molecule has 0 aliphatic heterocycles. The number of sulfonamides is 1. The van der Waals surface area contributed by atoms with E-state index in [1.54, 1.807) is 43.3 Å². The van der Waals surface area contributed by atoms with Crippen molar-refractivity contribution in [1.29, 1.82) is 0 Å². The van der Waals surface area contributed by atoms with Gasteiger partial charge in [-0.05, 0) is 67.5 Å². The van der Waals surface area contributed by atoms with Gasteiger partial charge in [0.15, 0.2) is 0 Å². The van der Waals surface area contributed by atoms with Gasteiger partial charge in [-0.3, -0.25) is 9.59 Å². The van der Waals surface area contributed by atoms with Gasteiger partial charge >= 0.3 is 0 Å². The molecule has 1 fully saturated rings. The number of hydrogen-bond acceptors (Lipinski definition) is 4. The summed E-state index contributed by atoms with van der Waals surface area (Å²) >= 11 is 0. The maximum absolute atomic E-state index is 13.3. The lowest BCUT2D eigenvalue weighted by Gasteiger charge is -2.29. The molecule has 1 aliphatic rings. The van der Waals surface area contributed by atoms with Gasteiger partial charge in [0.2, 0.25) is 21.8 Å². The molecule has 0 aromatic heterocycles. The average molecular weight is 504 g/mol. The summed E-state index contributed by atoms with van der Waals surface area (Å²) in [4.78, 5) is 27.6. The Morgan fingerprint density at radius 1 is 1.00 bits per heavy atom. The van der Waals surface area contributed by atoms with Gasteiger partial charge in [-0.25, -0.2) is 17.5 Å². The zero-order valence-corrected chi connectivity index (χ0v) is 21.3. The lowest BCUT2D eigenvalue weighted by molar-refractivity contribution is -0.140. The first-order valence-electron chi connectivity index (χ1n) is 12.0. The van der Waals surface area contributed by atoms with Gasteiger partial charge in [-0.15, -0.1) is 0 Å².